The smallest absolute Gasteiger partial charge is 0.247 e. The van der Waals surface area contributed by atoms with E-state index in [-0.39, 0.29) is 8.42 Å². The second-order valence-electron chi connectivity index (χ2n) is 1.85. The Balaban J connectivity index is 3.17. The quantitative estimate of drug-likeness (QED) is 0.695. The third kappa shape index (κ3) is 2.11. The molecule has 0 fully saturated rings. The fourth-order valence-electron chi connectivity index (χ4n) is 0.546. The lowest BCUT2D eigenvalue weighted by Gasteiger charge is -1.97. The lowest BCUT2D eigenvalue weighted by molar-refractivity contribution is 0.539. The molecule has 0 amide bonds. The maximum Gasteiger partial charge on any atom is 0.247 e. The molecule has 0 aliphatic carbocycles. The lowest BCUT2D eigenvalue weighted by atomic mass is 10.7. The minimum atomic E-state index is -3.77. The number of hydrogen-bond acceptors (Lipinski definition) is 5. The van der Waals surface area contributed by atoms with Gasteiger partial charge >= 0.3 is 0 Å². The van der Waals surface area contributed by atoms with Crippen LogP contribution in [-0.4, -0.2) is 17.2 Å². The van der Waals surface area contributed by atoms with Crippen molar-refractivity contribution < 1.29 is 17.2 Å². The molecule has 12 heavy (non-hydrogen) atoms. The highest BCUT2D eigenvalue weighted by atomic mass is 32.3. The predicted molar refractivity (Wildman–Crippen MR) is 42.9 cm³/mol. The second kappa shape index (κ2) is 3.23. The predicted octanol–water partition coefficient (Wildman–Crippen LogP) is -0.366. The highest BCUT2D eigenvalue weighted by Gasteiger charge is 2.10. The lowest BCUT2D eigenvalue weighted by Crippen LogP contribution is -2.09. The first-order valence-electron chi connectivity index (χ1n) is 2.63. The summed E-state index contributed by atoms with van der Waals surface area (Å²) in [7, 11) is -3.77. The van der Waals surface area contributed by atoms with Crippen LogP contribution in [0, 0.1) is 0 Å². The van der Waals surface area contributed by atoms with Gasteiger partial charge in [0.15, 0.2) is 0 Å². The Bertz CT molecular complexity index is 406. The zero-order valence-electron chi connectivity index (χ0n) is 5.59. The van der Waals surface area contributed by atoms with Crippen molar-refractivity contribution in [3.05, 3.63) is 12.1 Å². The highest BCUT2D eigenvalue weighted by molar-refractivity contribution is 7.91. The molecule has 0 saturated carbocycles. The molecule has 2 N–H and O–H groups in total. The van der Waals surface area contributed by atoms with E-state index >= 15 is 0 Å². The summed E-state index contributed by atoms with van der Waals surface area (Å²) in [6, 6.07) is 2.35. The zero-order chi connectivity index (χ0) is 9.35. The summed E-state index contributed by atoms with van der Waals surface area (Å²) in [4.78, 5) is 0. The first-order chi connectivity index (χ1) is 5.41. The fraction of sp³-hybridized carbons (Fsp3) is 0. The number of nitrogens with two attached hydrogens (primary N) is 1. The van der Waals surface area contributed by atoms with Gasteiger partial charge in [0.1, 0.15) is 4.21 Å². The Morgan fingerprint density at radius 1 is 1.50 bits per heavy atom. The normalized spacial score (nSPS) is 14.5. The van der Waals surface area contributed by atoms with Crippen LogP contribution in [0.25, 0.3) is 0 Å². The molecule has 0 aromatic carbocycles. The topological polar surface area (TPSA) is 100 Å². The Morgan fingerprint density at radius 3 is 2.33 bits per heavy atom. The van der Waals surface area contributed by atoms with Gasteiger partial charge in [-0.25, -0.2) is 13.6 Å². The molecule has 1 aromatic rings. The van der Waals surface area contributed by atoms with Crippen molar-refractivity contribution in [1.82, 2.24) is 0 Å². The standard InChI is InChI=1S/C4H5NO4S3/c5-12(8,9)4-2-1-3(10-4)11(6)7/h1-2H,(H,6,7)(H2,5,8,9)/p-1. The molecule has 0 bridgehead atoms. The number of primary sulfonamides is 1. The minimum Gasteiger partial charge on any atom is -0.768 e. The molecule has 5 nitrogen and oxygen atoms in total. The maximum atomic E-state index is 10.7. The molecule has 1 heterocycles. The number of thiophene rings is 1. The van der Waals surface area contributed by atoms with Gasteiger partial charge in [0.25, 0.3) is 0 Å². The summed E-state index contributed by atoms with van der Waals surface area (Å²) < 4.78 is 41.8. The van der Waals surface area contributed by atoms with Crippen LogP contribution in [0.3, 0.4) is 0 Å². The molecule has 0 radical (unpaired) electrons. The van der Waals surface area contributed by atoms with Gasteiger partial charge in [-0.05, 0) is 23.2 Å². The largest absolute Gasteiger partial charge is 0.768 e. The van der Waals surface area contributed by atoms with E-state index in [2.05, 4.69) is 0 Å². The summed E-state index contributed by atoms with van der Waals surface area (Å²) in [6.45, 7) is 0. The molecular weight excluding hydrogens is 222 g/mol. The van der Waals surface area contributed by atoms with E-state index in [1.165, 1.54) is 6.07 Å². The second-order valence-corrected chi connectivity index (χ2v) is 5.89. The highest BCUT2D eigenvalue weighted by Crippen LogP contribution is 2.22. The SMILES string of the molecule is NS(=O)(=O)c1ccc(S(=O)[O-])s1. The summed E-state index contributed by atoms with van der Waals surface area (Å²) in [6.07, 6.45) is 0. The molecular formula is C4H4NO4S3-. The van der Waals surface area contributed by atoms with Gasteiger partial charge < -0.3 is 4.55 Å². The molecule has 1 atom stereocenters. The molecule has 1 unspecified atom stereocenters. The Morgan fingerprint density at radius 2 is 2.08 bits per heavy atom. The van der Waals surface area contributed by atoms with Crippen LogP contribution in [0.5, 0.6) is 0 Å². The first-order valence-corrected chi connectivity index (χ1v) is 6.07. The monoisotopic (exact) mass is 226 g/mol. The molecule has 0 aliphatic heterocycles. The number of sulfonamides is 1. The van der Waals surface area contributed by atoms with E-state index in [0.29, 0.717) is 11.3 Å². The summed E-state index contributed by atoms with van der Waals surface area (Å²) in [5.74, 6) is 0. The molecule has 0 saturated heterocycles. The van der Waals surface area contributed by atoms with E-state index in [1.54, 1.807) is 0 Å². The van der Waals surface area contributed by atoms with E-state index in [1.807, 2.05) is 0 Å². The van der Waals surface area contributed by atoms with Crippen LogP contribution < -0.4 is 5.14 Å². The molecule has 0 spiro atoms. The molecule has 0 aliphatic rings. The Labute approximate surface area is 75.5 Å². The van der Waals surface area contributed by atoms with E-state index in [0.717, 1.165) is 6.07 Å². The van der Waals surface area contributed by atoms with Crippen LogP contribution in [-0.2, 0) is 21.1 Å². The Hall–Kier alpha value is -0.280. The first kappa shape index (κ1) is 9.81. The van der Waals surface area contributed by atoms with Crippen molar-refractivity contribution >= 4 is 32.4 Å². The third-order valence-corrected chi connectivity index (χ3v) is 4.44. The van der Waals surface area contributed by atoms with Gasteiger partial charge in [0, 0.05) is 0 Å². The van der Waals surface area contributed by atoms with E-state index in [4.69, 9.17) is 5.14 Å². The van der Waals surface area contributed by atoms with Gasteiger partial charge in [-0.15, -0.1) is 11.3 Å². The van der Waals surface area contributed by atoms with Crippen molar-refractivity contribution in [2.45, 2.75) is 8.42 Å². The molecule has 1 rings (SSSR count). The van der Waals surface area contributed by atoms with Gasteiger partial charge in [0.05, 0.1) is 4.21 Å². The molecule has 8 heteroatoms. The average Bonchev–Trinajstić information content (AvgIpc) is 2.30. The Kier molecular flexibility index (Phi) is 2.64. The van der Waals surface area contributed by atoms with Gasteiger partial charge in [-0.2, -0.15) is 0 Å². The molecule has 68 valence electrons. The van der Waals surface area contributed by atoms with Crippen molar-refractivity contribution in [3.8, 4) is 0 Å². The summed E-state index contributed by atoms with van der Waals surface area (Å²) in [5, 5.41) is 4.75. The fourth-order valence-corrected chi connectivity index (χ4v) is 2.89. The van der Waals surface area contributed by atoms with Crippen LogP contribution in [0.4, 0.5) is 0 Å². The summed E-state index contributed by atoms with van der Waals surface area (Å²) in [5.41, 5.74) is 0. The van der Waals surface area contributed by atoms with Crippen molar-refractivity contribution in [2.24, 2.45) is 5.14 Å². The number of hydrogen-bond donors (Lipinski definition) is 1. The zero-order valence-corrected chi connectivity index (χ0v) is 8.04. The van der Waals surface area contributed by atoms with Crippen LogP contribution in [0.1, 0.15) is 0 Å². The van der Waals surface area contributed by atoms with Gasteiger partial charge in [0.2, 0.25) is 10.0 Å². The van der Waals surface area contributed by atoms with Gasteiger partial charge in [-0.3, -0.25) is 4.21 Å². The number of rotatable bonds is 2. The van der Waals surface area contributed by atoms with Crippen LogP contribution >= 0.6 is 11.3 Å². The maximum absolute atomic E-state index is 10.7. The minimum absolute atomic E-state index is 0.0426. The van der Waals surface area contributed by atoms with Gasteiger partial charge in [-0.1, -0.05) is 0 Å². The molecule has 1 aromatic heterocycles. The van der Waals surface area contributed by atoms with Crippen molar-refractivity contribution in [1.29, 1.82) is 0 Å². The third-order valence-electron chi connectivity index (χ3n) is 1.00. The average molecular weight is 226 g/mol. The van der Waals surface area contributed by atoms with Crippen molar-refractivity contribution in [2.75, 3.05) is 0 Å². The van der Waals surface area contributed by atoms with E-state index in [9.17, 15) is 17.2 Å². The van der Waals surface area contributed by atoms with E-state index < -0.39 is 21.1 Å². The summed E-state index contributed by atoms with van der Waals surface area (Å²) >= 11 is -1.77. The van der Waals surface area contributed by atoms with Crippen LogP contribution in [0.15, 0.2) is 20.6 Å². The van der Waals surface area contributed by atoms with Crippen LogP contribution in [0.2, 0.25) is 0 Å². The van der Waals surface area contributed by atoms with Crippen molar-refractivity contribution in [3.63, 3.8) is 0 Å².